The molecule has 1 aliphatic rings. The lowest BCUT2D eigenvalue weighted by Crippen LogP contribution is -2.14. The Morgan fingerprint density at radius 3 is 3.00 bits per heavy atom. The van der Waals surface area contributed by atoms with Crippen LogP contribution in [0, 0.1) is 17.2 Å². The largest absolute Gasteiger partial charge is 0.490 e. The quantitative estimate of drug-likeness (QED) is 0.721. The molecule has 1 atom stereocenters. The minimum atomic E-state index is 0.465. The number of benzene rings is 1. The molecule has 0 bridgehead atoms. The zero-order valence-electron chi connectivity index (χ0n) is 10.3. The molecule has 1 saturated heterocycles. The van der Waals surface area contributed by atoms with Gasteiger partial charge in [0.1, 0.15) is 18.4 Å². The van der Waals surface area contributed by atoms with Gasteiger partial charge in [0, 0.05) is 12.5 Å². The highest BCUT2D eigenvalue weighted by molar-refractivity contribution is 5.42. The minimum absolute atomic E-state index is 0.465. The molecule has 1 unspecified atom stereocenters. The van der Waals surface area contributed by atoms with Gasteiger partial charge in [0.05, 0.1) is 25.4 Å². The number of nitrogens with zero attached hydrogens (tertiary/aromatic N) is 1. The van der Waals surface area contributed by atoms with Crippen LogP contribution in [0.5, 0.6) is 5.75 Å². The van der Waals surface area contributed by atoms with Crippen molar-refractivity contribution < 1.29 is 14.2 Å². The van der Waals surface area contributed by atoms with E-state index in [4.69, 9.17) is 19.5 Å². The highest BCUT2D eigenvalue weighted by atomic mass is 16.5. The predicted octanol–water partition coefficient (Wildman–Crippen LogP) is 1.99. The third-order valence-corrected chi connectivity index (χ3v) is 2.87. The van der Waals surface area contributed by atoms with Gasteiger partial charge in [0.25, 0.3) is 0 Å². The van der Waals surface area contributed by atoms with E-state index in [1.54, 1.807) is 12.1 Å². The van der Waals surface area contributed by atoms with E-state index in [-0.39, 0.29) is 0 Å². The van der Waals surface area contributed by atoms with Crippen molar-refractivity contribution in [1.82, 2.24) is 0 Å². The summed E-state index contributed by atoms with van der Waals surface area (Å²) in [5.74, 6) is 1.14. The van der Waals surface area contributed by atoms with Crippen LogP contribution >= 0.6 is 0 Å². The minimum Gasteiger partial charge on any atom is -0.490 e. The zero-order valence-corrected chi connectivity index (χ0v) is 10.3. The maximum absolute atomic E-state index is 8.89. The van der Waals surface area contributed by atoms with E-state index < -0.39 is 0 Å². The van der Waals surface area contributed by atoms with Gasteiger partial charge in [-0.3, -0.25) is 0 Å². The Labute approximate surface area is 107 Å². The summed E-state index contributed by atoms with van der Waals surface area (Å²) >= 11 is 0. The molecule has 96 valence electrons. The van der Waals surface area contributed by atoms with Gasteiger partial charge in [-0.25, -0.2) is 0 Å². The fourth-order valence-electron chi connectivity index (χ4n) is 1.86. The monoisotopic (exact) mass is 247 g/mol. The average Bonchev–Trinajstić information content (AvgIpc) is 2.92. The summed E-state index contributed by atoms with van der Waals surface area (Å²) in [4.78, 5) is 0. The normalized spacial score (nSPS) is 18.5. The Kier molecular flexibility index (Phi) is 5.00. The van der Waals surface area contributed by atoms with Crippen LogP contribution in [0.1, 0.15) is 12.0 Å². The van der Waals surface area contributed by atoms with E-state index in [2.05, 4.69) is 6.07 Å². The third-order valence-electron chi connectivity index (χ3n) is 2.87. The lowest BCUT2D eigenvalue weighted by molar-refractivity contribution is 0.0683. The Bertz CT molecular complexity index is 408. The van der Waals surface area contributed by atoms with Crippen molar-refractivity contribution in [1.29, 1.82) is 5.26 Å². The highest BCUT2D eigenvalue weighted by Crippen LogP contribution is 2.16. The average molecular weight is 247 g/mol. The fourth-order valence-corrected chi connectivity index (χ4v) is 1.86. The molecule has 1 heterocycles. The molecule has 1 aromatic rings. The Hall–Kier alpha value is -1.57. The predicted molar refractivity (Wildman–Crippen MR) is 66.4 cm³/mol. The van der Waals surface area contributed by atoms with E-state index in [9.17, 15) is 0 Å². The number of nitriles is 1. The van der Waals surface area contributed by atoms with Crippen molar-refractivity contribution in [3.05, 3.63) is 29.8 Å². The smallest absolute Gasteiger partial charge is 0.137 e. The van der Waals surface area contributed by atoms with Gasteiger partial charge in [0.15, 0.2) is 0 Å². The Morgan fingerprint density at radius 1 is 1.33 bits per heavy atom. The van der Waals surface area contributed by atoms with Crippen molar-refractivity contribution in [3.8, 4) is 11.8 Å². The summed E-state index contributed by atoms with van der Waals surface area (Å²) in [6.07, 6.45) is 1.08. The van der Waals surface area contributed by atoms with E-state index in [0.29, 0.717) is 30.4 Å². The summed E-state index contributed by atoms with van der Waals surface area (Å²) in [6.45, 7) is 3.38. The molecule has 0 aromatic heterocycles. The fraction of sp³-hybridized carbons (Fsp3) is 0.500. The first kappa shape index (κ1) is 12.9. The topological polar surface area (TPSA) is 51.5 Å². The molecule has 0 amide bonds. The number of hydrogen-bond donors (Lipinski definition) is 0. The molecule has 0 spiro atoms. The molecule has 1 aromatic carbocycles. The van der Waals surface area contributed by atoms with Gasteiger partial charge >= 0.3 is 0 Å². The van der Waals surface area contributed by atoms with Crippen LogP contribution in [0.15, 0.2) is 24.3 Å². The molecule has 1 aliphatic heterocycles. The first-order chi connectivity index (χ1) is 8.90. The third kappa shape index (κ3) is 3.73. The molecule has 0 radical (unpaired) electrons. The molecular formula is C14H17NO3. The molecule has 0 N–H and O–H groups in total. The second kappa shape index (κ2) is 7.00. The van der Waals surface area contributed by atoms with E-state index in [0.717, 1.165) is 26.2 Å². The van der Waals surface area contributed by atoms with Crippen molar-refractivity contribution >= 4 is 0 Å². The van der Waals surface area contributed by atoms with Crippen LogP contribution in [-0.2, 0) is 9.47 Å². The summed E-state index contributed by atoms with van der Waals surface area (Å²) in [7, 11) is 0. The molecule has 4 heteroatoms. The van der Waals surface area contributed by atoms with Gasteiger partial charge in [-0.05, 0) is 18.6 Å². The van der Waals surface area contributed by atoms with Crippen LogP contribution in [-0.4, -0.2) is 33.0 Å². The van der Waals surface area contributed by atoms with E-state index in [1.807, 2.05) is 12.1 Å². The standard InChI is InChI=1S/C14H17NO3/c15-9-13-3-1-2-4-14(13)18-8-7-17-11-12-5-6-16-10-12/h1-4,12H,5-8,10-11H2. The second-order valence-corrected chi connectivity index (χ2v) is 4.26. The summed E-state index contributed by atoms with van der Waals surface area (Å²) in [5, 5.41) is 8.89. The molecule has 0 saturated carbocycles. The lowest BCUT2D eigenvalue weighted by Gasteiger charge is -2.10. The van der Waals surface area contributed by atoms with Crippen LogP contribution < -0.4 is 4.74 Å². The maximum Gasteiger partial charge on any atom is 0.137 e. The number of ether oxygens (including phenoxy) is 3. The molecule has 18 heavy (non-hydrogen) atoms. The molecule has 0 aliphatic carbocycles. The van der Waals surface area contributed by atoms with Crippen LogP contribution in [0.25, 0.3) is 0 Å². The Balaban J connectivity index is 1.64. The van der Waals surface area contributed by atoms with E-state index in [1.165, 1.54) is 0 Å². The van der Waals surface area contributed by atoms with Gasteiger partial charge in [-0.15, -0.1) is 0 Å². The summed E-state index contributed by atoms with van der Waals surface area (Å²) in [5.41, 5.74) is 0.557. The van der Waals surface area contributed by atoms with Crippen LogP contribution in [0.2, 0.25) is 0 Å². The van der Waals surface area contributed by atoms with Crippen molar-refractivity contribution in [3.63, 3.8) is 0 Å². The first-order valence-corrected chi connectivity index (χ1v) is 6.17. The number of para-hydroxylation sites is 1. The Morgan fingerprint density at radius 2 is 2.22 bits per heavy atom. The van der Waals surface area contributed by atoms with E-state index >= 15 is 0 Å². The van der Waals surface area contributed by atoms with Gasteiger partial charge < -0.3 is 14.2 Å². The maximum atomic E-state index is 8.89. The number of rotatable bonds is 6. The van der Waals surface area contributed by atoms with Crippen LogP contribution in [0.4, 0.5) is 0 Å². The lowest BCUT2D eigenvalue weighted by atomic mass is 10.1. The zero-order chi connectivity index (χ0) is 12.6. The van der Waals surface area contributed by atoms with Gasteiger partial charge in [-0.1, -0.05) is 12.1 Å². The van der Waals surface area contributed by atoms with Crippen molar-refractivity contribution in [2.45, 2.75) is 6.42 Å². The first-order valence-electron chi connectivity index (χ1n) is 6.17. The van der Waals surface area contributed by atoms with Crippen molar-refractivity contribution in [2.75, 3.05) is 33.0 Å². The van der Waals surface area contributed by atoms with Crippen molar-refractivity contribution in [2.24, 2.45) is 5.92 Å². The number of hydrogen-bond acceptors (Lipinski definition) is 4. The second-order valence-electron chi connectivity index (χ2n) is 4.26. The van der Waals surface area contributed by atoms with Crippen LogP contribution in [0.3, 0.4) is 0 Å². The SMILES string of the molecule is N#Cc1ccccc1OCCOCC1CCOC1. The summed E-state index contributed by atoms with van der Waals surface area (Å²) < 4.78 is 16.3. The van der Waals surface area contributed by atoms with Gasteiger partial charge in [-0.2, -0.15) is 5.26 Å². The summed E-state index contributed by atoms with van der Waals surface area (Å²) in [6, 6.07) is 9.31. The molecule has 1 fully saturated rings. The van der Waals surface area contributed by atoms with Gasteiger partial charge in [0.2, 0.25) is 0 Å². The molecule has 2 rings (SSSR count). The molecular weight excluding hydrogens is 230 g/mol. The molecule has 4 nitrogen and oxygen atoms in total. The highest BCUT2D eigenvalue weighted by Gasteiger charge is 2.15.